The summed E-state index contributed by atoms with van der Waals surface area (Å²) in [6, 6.07) is 7.87. The summed E-state index contributed by atoms with van der Waals surface area (Å²) in [7, 11) is 5.35. The minimum absolute atomic E-state index is 0.146. The average Bonchev–Trinajstić information content (AvgIpc) is 3.91. The molecule has 1 unspecified atom stereocenters. The van der Waals surface area contributed by atoms with E-state index < -0.39 is 23.3 Å². The Kier molecular flexibility index (Phi) is 13.8. The second-order valence-electron chi connectivity index (χ2n) is 16.1. The van der Waals surface area contributed by atoms with E-state index in [2.05, 4.69) is 16.9 Å². The molecule has 3 aliphatic rings. The van der Waals surface area contributed by atoms with Crippen LogP contribution in [0.5, 0.6) is 0 Å². The standard InChI is InChI=1S/C48H58N4O9/c1-11-12-13-14-21-61-29(5)44-28(4)36-22-34-26(2)30(16-19-42(53)57-7)37(49-34)24-38-31(17-20-43(54)58-8)27(3)35(50-38)23-39-33-18-15-32(46(55)59-9)45(47(56)60-10)48(33,6)41(52-39)25-40(44)51-36/h15,18,22-25,29,45,50-51H,11-14,16-17,19-21H2,1-10H3/t29?,45-,48+/m0/s1. The number of fused-ring (bicyclic) bond motifs is 11. The van der Waals surface area contributed by atoms with E-state index >= 15 is 0 Å². The van der Waals surface area contributed by atoms with Crippen LogP contribution in [0, 0.1) is 19.8 Å². The lowest BCUT2D eigenvalue weighted by molar-refractivity contribution is -0.149. The number of aromatic amines is 2. The van der Waals surface area contributed by atoms with Crippen molar-refractivity contribution in [1.29, 1.82) is 0 Å². The van der Waals surface area contributed by atoms with Gasteiger partial charge in [0.1, 0.15) is 5.92 Å². The Morgan fingerprint density at radius 2 is 1.39 bits per heavy atom. The number of aryl methyl sites for hydroxylation is 3. The van der Waals surface area contributed by atoms with Crippen molar-refractivity contribution in [1.82, 2.24) is 19.9 Å². The molecule has 8 bridgehead atoms. The van der Waals surface area contributed by atoms with Crippen molar-refractivity contribution in [3.8, 4) is 0 Å². The van der Waals surface area contributed by atoms with Crippen molar-refractivity contribution < 1.29 is 42.9 Å². The average molecular weight is 835 g/mol. The van der Waals surface area contributed by atoms with Crippen LogP contribution in [0.1, 0.15) is 124 Å². The number of aromatic nitrogens is 4. The van der Waals surface area contributed by atoms with E-state index in [0.717, 1.165) is 86.8 Å². The molecule has 1 aliphatic carbocycles. The first-order chi connectivity index (χ1) is 29.2. The molecule has 13 nitrogen and oxygen atoms in total. The lowest BCUT2D eigenvalue weighted by atomic mass is 9.64. The van der Waals surface area contributed by atoms with Gasteiger partial charge in [0.15, 0.2) is 0 Å². The van der Waals surface area contributed by atoms with E-state index in [1.165, 1.54) is 28.4 Å². The second-order valence-corrected chi connectivity index (χ2v) is 16.1. The van der Waals surface area contributed by atoms with E-state index in [-0.39, 0.29) is 36.5 Å². The fraction of sp³-hybridized carbons (Fsp3) is 0.458. The minimum Gasteiger partial charge on any atom is -0.469 e. The molecule has 2 aliphatic heterocycles. The Morgan fingerprint density at radius 3 is 2.07 bits per heavy atom. The molecule has 5 heterocycles. The molecule has 0 aromatic carbocycles. The zero-order valence-electron chi connectivity index (χ0n) is 37.1. The van der Waals surface area contributed by atoms with Crippen LogP contribution in [-0.4, -0.2) is 78.9 Å². The molecule has 0 spiro atoms. The van der Waals surface area contributed by atoms with Gasteiger partial charge in [-0.05, 0) is 112 Å². The van der Waals surface area contributed by atoms with E-state index in [0.29, 0.717) is 42.1 Å². The van der Waals surface area contributed by atoms with Gasteiger partial charge in [-0.3, -0.25) is 19.4 Å². The Balaban J connectivity index is 1.73. The predicted molar refractivity (Wildman–Crippen MR) is 234 cm³/mol. The van der Waals surface area contributed by atoms with Gasteiger partial charge in [0.2, 0.25) is 0 Å². The van der Waals surface area contributed by atoms with Crippen LogP contribution >= 0.6 is 0 Å². The van der Waals surface area contributed by atoms with Crippen molar-refractivity contribution in [2.24, 2.45) is 5.92 Å². The molecule has 0 radical (unpaired) electrons. The zero-order valence-corrected chi connectivity index (χ0v) is 37.1. The number of nitrogens with one attached hydrogen (secondary N) is 2. The highest BCUT2D eigenvalue weighted by atomic mass is 16.5. The topological polar surface area (TPSA) is 172 Å². The summed E-state index contributed by atoms with van der Waals surface area (Å²) in [5.41, 5.74) is 10.7. The maximum Gasteiger partial charge on any atom is 0.334 e. The lowest BCUT2D eigenvalue weighted by Crippen LogP contribution is -2.42. The molecule has 3 aromatic rings. The molecule has 0 amide bonds. The third kappa shape index (κ3) is 8.70. The number of unbranched alkanes of at least 4 members (excludes halogenated alkanes) is 3. The van der Waals surface area contributed by atoms with Crippen LogP contribution in [0.4, 0.5) is 0 Å². The molecule has 6 rings (SSSR count). The molecular weight excluding hydrogens is 777 g/mol. The van der Waals surface area contributed by atoms with E-state index in [1.807, 2.05) is 65.0 Å². The third-order valence-electron chi connectivity index (χ3n) is 12.5. The van der Waals surface area contributed by atoms with Crippen LogP contribution in [-0.2, 0) is 54.7 Å². The number of ether oxygens (including phenoxy) is 5. The summed E-state index contributed by atoms with van der Waals surface area (Å²) in [6.45, 7) is 12.7. The number of esters is 4. The number of hydrogen-bond acceptors (Lipinski definition) is 11. The summed E-state index contributed by atoms with van der Waals surface area (Å²) >= 11 is 0. The number of hydrogen-bond donors (Lipinski definition) is 2. The fourth-order valence-corrected chi connectivity index (χ4v) is 8.91. The van der Waals surface area contributed by atoms with Crippen molar-refractivity contribution in [2.75, 3.05) is 35.0 Å². The normalized spacial score (nSPS) is 17.6. The largest absolute Gasteiger partial charge is 0.469 e. The number of nitrogens with zero attached hydrogens (tertiary/aromatic N) is 2. The number of H-pyrrole nitrogens is 2. The molecule has 2 N–H and O–H groups in total. The first-order valence-electron chi connectivity index (χ1n) is 21.0. The Labute approximate surface area is 357 Å². The first kappa shape index (κ1) is 44.7. The highest BCUT2D eigenvalue weighted by molar-refractivity contribution is 6.02. The molecule has 3 aromatic heterocycles. The predicted octanol–water partition coefficient (Wildman–Crippen LogP) is 8.82. The van der Waals surface area contributed by atoms with E-state index in [4.69, 9.17) is 33.7 Å². The van der Waals surface area contributed by atoms with Gasteiger partial charge in [-0.1, -0.05) is 38.3 Å². The quantitative estimate of drug-likeness (QED) is 0.0852. The monoisotopic (exact) mass is 834 g/mol. The maximum atomic E-state index is 13.9. The van der Waals surface area contributed by atoms with Gasteiger partial charge in [0.05, 0.1) is 68.3 Å². The third-order valence-corrected chi connectivity index (χ3v) is 12.5. The second kappa shape index (κ2) is 18.8. The molecule has 324 valence electrons. The van der Waals surface area contributed by atoms with Gasteiger partial charge < -0.3 is 33.7 Å². The Hall–Kier alpha value is -5.82. The van der Waals surface area contributed by atoms with Gasteiger partial charge in [0, 0.05) is 47.1 Å². The molecule has 0 saturated heterocycles. The van der Waals surface area contributed by atoms with Crippen LogP contribution in [0.25, 0.3) is 38.8 Å². The number of carbonyl (C=O) groups is 4. The van der Waals surface area contributed by atoms with Gasteiger partial charge >= 0.3 is 23.9 Å². The lowest BCUT2D eigenvalue weighted by Gasteiger charge is -2.36. The highest BCUT2D eigenvalue weighted by Gasteiger charge is 2.53. The van der Waals surface area contributed by atoms with Crippen LogP contribution in [0.2, 0.25) is 0 Å². The van der Waals surface area contributed by atoms with Crippen LogP contribution < -0.4 is 0 Å². The van der Waals surface area contributed by atoms with Crippen molar-refractivity contribution in [2.45, 2.75) is 104 Å². The molecule has 3 atom stereocenters. The van der Waals surface area contributed by atoms with Crippen molar-refractivity contribution in [3.05, 3.63) is 87.0 Å². The molecular formula is C48H58N4O9. The molecule has 13 heteroatoms. The highest BCUT2D eigenvalue weighted by Crippen LogP contribution is 2.52. The molecule has 61 heavy (non-hydrogen) atoms. The van der Waals surface area contributed by atoms with Crippen LogP contribution in [0.3, 0.4) is 0 Å². The van der Waals surface area contributed by atoms with Crippen molar-refractivity contribution in [3.63, 3.8) is 0 Å². The summed E-state index contributed by atoms with van der Waals surface area (Å²) in [6.07, 6.45) is 8.49. The Bertz CT molecular complexity index is 2500. The smallest absolute Gasteiger partial charge is 0.334 e. The van der Waals surface area contributed by atoms with Gasteiger partial charge in [-0.2, -0.15) is 0 Å². The summed E-state index contributed by atoms with van der Waals surface area (Å²) in [4.78, 5) is 70.0. The number of rotatable bonds is 15. The number of allylic oxidation sites excluding steroid dienone is 5. The molecule has 0 fully saturated rings. The van der Waals surface area contributed by atoms with Gasteiger partial charge in [-0.15, -0.1) is 0 Å². The zero-order chi connectivity index (χ0) is 44.2. The van der Waals surface area contributed by atoms with E-state index in [1.54, 1.807) is 6.08 Å². The maximum absolute atomic E-state index is 13.9. The van der Waals surface area contributed by atoms with Gasteiger partial charge in [-0.25, -0.2) is 9.78 Å². The van der Waals surface area contributed by atoms with Gasteiger partial charge in [0.25, 0.3) is 0 Å². The summed E-state index contributed by atoms with van der Waals surface area (Å²) < 4.78 is 27.1. The van der Waals surface area contributed by atoms with E-state index in [9.17, 15) is 19.2 Å². The summed E-state index contributed by atoms with van der Waals surface area (Å²) in [5.74, 6) is -3.00. The Morgan fingerprint density at radius 1 is 0.738 bits per heavy atom. The number of carbonyl (C=O) groups excluding carboxylic acids is 4. The summed E-state index contributed by atoms with van der Waals surface area (Å²) in [5, 5.41) is 0. The fourth-order valence-electron chi connectivity index (χ4n) is 8.91. The van der Waals surface area contributed by atoms with Crippen molar-refractivity contribution >= 4 is 62.7 Å². The number of methoxy groups -OCH3 is 4. The van der Waals surface area contributed by atoms with Crippen LogP contribution in [0.15, 0.2) is 42.0 Å². The SMILES string of the molecule is CCCCCCOC(C)c1c(C)c2cc3nc(cc4[nH]c(cc5nc(cc1[nH]2)[C@@]1(C)C5=CC=C(C(=O)OC)[C@H]1C(=O)OC)c(C)c4CCC(=O)OC)C(CCC(=O)OC)=C3C. The molecule has 0 saturated carbocycles. The minimum atomic E-state index is -1.17. The first-order valence-corrected chi connectivity index (χ1v) is 21.0.